The van der Waals surface area contributed by atoms with Gasteiger partial charge < -0.3 is 0 Å². The molecule has 0 spiro atoms. The average molecular weight is 451 g/mol. The summed E-state index contributed by atoms with van der Waals surface area (Å²) in [5.74, 6) is -1.45. The van der Waals surface area contributed by atoms with Crippen LogP contribution in [0.1, 0.15) is 16.7 Å². The normalized spacial score (nSPS) is 15.4. The van der Waals surface area contributed by atoms with E-state index >= 15 is 0 Å². The lowest BCUT2D eigenvalue weighted by Crippen LogP contribution is -2.54. The first-order valence-corrected chi connectivity index (χ1v) is 10.2. The Bertz CT molecular complexity index is 1220. The van der Waals surface area contributed by atoms with Gasteiger partial charge in [0, 0.05) is 10.0 Å². The van der Waals surface area contributed by atoms with Crippen LogP contribution in [0.5, 0.6) is 0 Å². The van der Waals surface area contributed by atoms with Crippen molar-refractivity contribution >= 4 is 52.8 Å². The number of nitrogens with one attached hydrogen (secondary N) is 1. The van der Waals surface area contributed by atoms with Crippen molar-refractivity contribution in [1.82, 2.24) is 5.32 Å². The van der Waals surface area contributed by atoms with Crippen molar-refractivity contribution in [2.45, 2.75) is 6.42 Å². The van der Waals surface area contributed by atoms with Gasteiger partial charge in [0.05, 0.1) is 5.69 Å². The number of hydrogen-bond donors (Lipinski definition) is 1. The highest BCUT2D eigenvalue weighted by atomic mass is 35.5. The van der Waals surface area contributed by atoms with E-state index in [9.17, 15) is 14.4 Å². The molecule has 1 aliphatic rings. The zero-order valence-corrected chi connectivity index (χ0v) is 17.7. The SMILES string of the molecule is O=C1NC(=O)N(c2ccc(Cl)cc2)C(=O)/C1=C/c1ccccc1Cc1ccccc1Cl. The van der Waals surface area contributed by atoms with E-state index in [-0.39, 0.29) is 5.57 Å². The summed E-state index contributed by atoms with van der Waals surface area (Å²) in [5.41, 5.74) is 2.67. The summed E-state index contributed by atoms with van der Waals surface area (Å²) in [5, 5.41) is 3.33. The van der Waals surface area contributed by atoms with Crippen LogP contribution in [0.25, 0.3) is 6.08 Å². The first-order valence-electron chi connectivity index (χ1n) is 9.42. The standard InChI is InChI=1S/C24H16Cl2N2O3/c25-18-9-11-19(12-10-18)28-23(30)20(22(29)27-24(28)31)14-16-6-2-1-5-15(16)13-17-7-3-4-8-21(17)26/h1-12,14H,13H2,(H,27,29,31)/b20-14+. The third kappa shape index (κ3) is 4.38. The van der Waals surface area contributed by atoms with Gasteiger partial charge in [0.15, 0.2) is 0 Å². The second kappa shape index (κ2) is 8.76. The molecule has 0 radical (unpaired) electrons. The Balaban J connectivity index is 1.71. The first-order chi connectivity index (χ1) is 14.9. The molecule has 1 aliphatic heterocycles. The van der Waals surface area contributed by atoms with Crippen molar-refractivity contribution in [2.75, 3.05) is 4.90 Å². The molecule has 0 aromatic heterocycles. The number of imide groups is 2. The van der Waals surface area contributed by atoms with Gasteiger partial charge >= 0.3 is 6.03 Å². The Kier molecular flexibility index (Phi) is 5.89. The van der Waals surface area contributed by atoms with Crippen LogP contribution in [-0.4, -0.2) is 17.8 Å². The smallest absolute Gasteiger partial charge is 0.273 e. The molecule has 0 atom stereocenters. The van der Waals surface area contributed by atoms with Gasteiger partial charge in [0.1, 0.15) is 5.57 Å². The van der Waals surface area contributed by atoms with Gasteiger partial charge in [-0.3, -0.25) is 14.9 Å². The largest absolute Gasteiger partial charge is 0.335 e. The molecule has 0 unspecified atom stereocenters. The van der Waals surface area contributed by atoms with E-state index in [0.29, 0.717) is 27.7 Å². The maximum absolute atomic E-state index is 13.1. The highest BCUT2D eigenvalue weighted by Crippen LogP contribution is 2.26. The van der Waals surface area contributed by atoms with E-state index in [1.165, 1.54) is 6.08 Å². The second-order valence-corrected chi connectivity index (χ2v) is 7.74. The number of nitrogens with zero attached hydrogens (tertiary/aromatic N) is 1. The summed E-state index contributed by atoms with van der Waals surface area (Å²) in [4.78, 5) is 38.8. The third-order valence-corrected chi connectivity index (χ3v) is 5.50. The number of barbiturate groups is 1. The van der Waals surface area contributed by atoms with Crippen LogP contribution in [0.4, 0.5) is 10.5 Å². The van der Waals surface area contributed by atoms with E-state index in [4.69, 9.17) is 23.2 Å². The third-order valence-electron chi connectivity index (χ3n) is 4.88. The molecule has 4 rings (SSSR count). The van der Waals surface area contributed by atoms with E-state index in [1.807, 2.05) is 48.5 Å². The molecule has 154 valence electrons. The number of amides is 4. The van der Waals surface area contributed by atoms with Crippen LogP contribution < -0.4 is 10.2 Å². The molecule has 5 nitrogen and oxygen atoms in total. The maximum atomic E-state index is 13.1. The van der Waals surface area contributed by atoms with Crippen molar-refractivity contribution in [3.05, 3.63) is 105 Å². The van der Waals surface area contributed by atoms with Crippen LogP contribution in [0.2, 0.25) is 10.0 Å². The summed E-state index contributed by atoms with van der Waals surface area (Å²) in [6, 6.07) is 20.3. The molecule has 1 heterocycles. The number of anilines is 1. The van der Waals surface area contributed by atoms with E-state index < -0.39 is 17.8 Å². The Morgan fingerprint density at radius 3 is 2.16 bits per heavy atom. The topological polar surface area (TPSA) is 66.5 Å². The first kappa shape index (κ1) is 20.8. The van der Waals surface area contributed by atoms with Crippen molar-refractivity contribution in [1.29, 1.82) is 0 Å². The lowest BCUT2D eigenvalue weighted by atomic mass is 9.97. The molecule has 0 bridgehead atoms. The fourth-order valence-electron chi connectivity index (χ4n) is 3.32. The predicted octanol–water partition coefficient (Wildman–Crippen LogP) is 5.25. The Hall–Kier alpha value is -3.41. The molecule has 3 aromatic carbocycles. The quantitative estimate of drug-likeness (QED) is 0.435. The summed E-state index contributed by atoms with van der Waals surface area (Å²) in [6.45, 7) is 0. The van der Waals surface area contributed by atoms with Gasteiger partial charge in [0.2, 0.25) is 0 Å². The van der Waals surface area contributed by atoms with Crippen LogP contribution in [0, 0.1) is 0 Å². The molecule has 0 aliphatic carbocycles. The minimum absolute atomic E-state index is 0.138. The highest BCUT2D eigenvalue weighted by molar-refractivity contribution is 6.39. The fraction of sp³-hybridized carbons (Fsp3) is 0.0417. The number of rotatable bonds is 4. The molecule has 7 heteroatoms. The summed E-state index contributed by atoms with van der Waals surface area (Å²) in [6.07, 6.45) is 2.02. The van der Waals surface area contributed by atoms with Gasteiger partial charge in [-0.25, -0.2) is 9.69 Å². The van der Waals surface area contributed by atoms with E-state index in [1.54, 1.807) is 24.3 Å². The molecule has 1 N–H and O–H groups in total. The van der Waals surface area contributed by atoms with E-state index in [0.717, 1.165) is 16.0 Å². The lowest BCUT2D eigenvalue weighted by Gasteiger charge is -2.26. The number of carbonyl (C=O) groups is 3. The Morgan fingerprint density at radius 1 is 0.806 bits per heavy atom. The lowest BCUT2D eigenvalue weighted by molar-refractivity contribution is -0.122. The second-order valence-electron chi connectivity index (χ2n) is 6.90. The molecule has 31 heavy (non-hydrogen) atoms. The van der Waals surface area contributed by atoms with Gasteiger partial charge in [-0.1, -0.05) is 65.7 Å². The minimum Gasteiger partial charge on any atom is -0.273 e. The molecular weight excluding hydrogens is 435 g/mol. The molecule has 1 fully saturated rings. The monoisotopic (exact) mass is 450 g/mol. The van der Waals surface area contributed by atoms with Gasteiger partial charge in [-0.2, -0.15) is 0 Å². The molecule has 1 saturated heterocycles. The molecular formula is C24H16Cl2N2O3. The Labute approximate surface area is 188 Å². The van der Waals surface area contributed by atoms with Gasteiger partial charge in [0.25, 0.3) is 11.8 Å². The van der Waals surface area contributed by atoms with Crippen LogP contribution in [0.15, 0.2) is 78.4 Å². The summed E-state index contributed by atoms with van der Waals surface area (Å²) < 4.78 is 0. The maximum Gasteiger partial charge on any atom is 0.335 e. The van der Waals surface area contributed by atoms with Crippen molar-refractivity contribution in [3.63, 3.8) is 0 Å². The fourth-order valence-corrected chi connectivity index (χ4v) is 3.65. The highest BCUT2D eigenvalue weighted by Gasteiger charge is 2.36. The number of urea groups is 1. The Morgan fingerprint density at radius 2 is 1.45 bits per heavy atom. The van der Waals surface area contributed by atoms with Crippen LogP contribution in [0.3, 0.4) is 0 Å². The van der Waals surface area contributed by atoms with Crippen LogP contribution in [-0.2, 0) is 16.0 Å². The summed E-state index contributed by atoms with van der Waals surface area (Å²) >= 11 is 12.2. The minimum atomic E-state index is -0.807. The number of carbonyl (C=O) groups excluding carboxylic acids is 3. The van der Waals surface area contributed by atoms with E-state index in [2.05, 4.69) is 5.32 Å². The summed E-state index contributed by atoms with van der Waals surface area (Å²) in [7, 11) is 0. The number of benzene rings is 3. The van der Waals surface area contributed by atoms with Crippen molar-refractivity contribution < 1.29 is 14.4 Å². The molecule has 0 saturated carbocycles. The average Bonchev–Trinajstić information content (AvgIpc) is 2.75. The van der Waals surface area contributed by atoms with Crippen molar-refractivity contribution in [2.24, 2.45) is 0 Å². The van der Waals surface area contributed by atoms with Gasteiger partial charge in [-0.05, 0) is 59.5 Å². The zero-order chi connectivity index (χ0) is 22.0. The van der Waals surface area contributed by atoms with Crippen molar-refractivity contribution in [3.8, 4) is 0 Å². The number of halogens is 2. The zero-order valence-electron chi connectivity index (χ0n) is 16.1. The molecule has 4 amide bonds. The number of hydrogen-bond acceptors (Lipinski definition) is 3. The van der Waals surface area contributed by atoms with Gasteiger partial charge in [-0.15, -0.1) is 0 Å². The molecule has 3 aromatic rings. The van der Waals surface area contributed by atoms with Crippen LogP contribution >= 0.6 is 23.2 Å². The predicted molar refractivity (Wildman–Crippen MR) is 121 cm³/mol.